The maximum absolute atomic E-state index is 14.4. The fraction of sp³-hybridized carbons (Fsp3) is 0.535. The molecule has 2 aromatic carbocycles. The summed E-state index contributed by atoms with van der Waals surface area (Å²) in [6.07, 6.45) is 4.86. The largest absolute Gasteiger partial charge is 0.507 e. The number of hydrogen-bond acceptors (Lipinski definition) is 15. The predicted molar refractivity (Wildman–Crippen MR) is 220 cm³/mol. The molecule has 2 aromatic rings. The Kier molecular flexibility index (Phi) is 13.7. The molecule has 6 N–H and O–H groups in total. The van der Waals surface area contributed by atoms with Crippen LogP contribution in [0.5, 0.6) is 23.0 Å². The first kappa shape index (κ1) is 44.9. The van der Waals surface area contributed by atoms with Crippen molar-refractivity contribution in [2.45, 2.75) is 85.6 Å². The van der Waals surface area contributed by atoms with Gasteiger partial charge in [0.15, 0.2) is 5.75 Å². The first-order valence-corrected chi connectivity index (χ1v) is 19.8. The number of carbonyl (C=O) groups is 3. The Bertz CT molecular complexity index is 2070. The lowest BCUT2D eigenvalue weighted by Crippen LogP contribution is -2.46. The second-order valence-electron chi connectivity index (χ2n) is 16.1. The van der Waals surface area contributed by atoms with Gasteiger partial charge < -0.3 is 54.7 Å². The molecule has 16 nitrogen and oxygen atoms in total. The number of hydrogen-bond donors (Lipinski definition) is 6. The average Bonchev–Trinajstić information content (AvgIpc) is 3.46. The lowest BCUT2D eigenvalue weighted by Gasteiger charge is -2.38. The lowest BCUT2D eigenvalue weighted by molar-refractivity contribution is -0.160. The van der Waals surface area contributed by atoms with Crippen LogP contribution in [0.1, 0.15) is 70.0 Å². The van der Waals surface area contributed by atoms with Crippen molar-refractivity contribution in [2.75, 3.05) is 45.7 Å². The molecule has 1 amide bonds. The number of allylic oxidation sites excluding steroid dienone is 2. The number of carbonyl (C=O) groups excluding carboxylic acids is 3. The van der Waals surface area contributed by atoms with Gasteiger partial charge in [0.05, 0.1) is 53.0 Å². The summed E-state index contributed by atoms with van der Waals surface area (Å²) in [6.45, 7) is 15.1. The van der Waals surface area contributed by atoms with Crippen molar-refractivity contribution in [3.8, 4) is 23.0 Å². The van der Waals surface area contributed by atoms with Crippen molar-refractivity contribution in [1.29, 1.82) is 0 Å². The molecule has 5 bridgehead atoms. The Labute approximate surface area is 344 Å². The number of amides is 1. The van der Waals surface area contributed by atoms with Crippen molar-refractivity contribution in [3.63, 3.8) is 0 Å². The summed E-state index contributed by atoms with van der Waals surface area (Å²) in [6, 6.07) is 0. The van der Waals surface area contributed by atoms with E-state index in [2.05, 4.69) is 15.3 Å². The van der Waals surface area contributed by atoms with Crippen LogP contribution in [0, 0.1) is 30.6 Å². The molecule has 1 fully saturated rings. The third-order valence-electron chi connectivity index (χ3n) is 11.9. The first-order chi connectivity index (χ1) is 27.7. The highest BCUT2D eigenvalue weighted by atomic mass is 16.7. The van der Waals surface area contributed by atoms with Gasteiger partial charge in [-0.05, 0) is 27.0 Å². The van der Waals surface area contributed by atoms with E-state index in [1.807, 2.05) is 7.05 Å². The van der Waals surface area contributed by atoms with Gasteiger partial charge in [0.1, 0.15) is 23.4 Å². The quantitative estimate of drug-likeness (QED) is 0.109. The van der Waals surface area contributed by atoms with E-state index in [0.29, 0.717) is 13.1 Å². The summed E-state index contributed by atoms with van der Waals surface area (Å²) in [7, 11) is 3.42. The molecule has 0 aromatic heterocycles. The third-order valence-corrected chi connectivity index (χ3v) is 11.9. The molecule has 4 aliphatic rings. The van der Waals surface area contributed by atoms with Crippen LogP contribution in [0.4, 0.5) is 5.69 Å². The molecule has 16 heteroatoms. The molecule has 6 rings (SSSR count). The summed E-state index contributed by atoms with van der Waals surface area (Å²) in [5.74, 6) is -8.34. The Hall–Kier alpha value is -5.16. The minimum Gasteiger partial charge on any atom is -0.507 e. The van der Waals surface area contributed by atoms with E-state index in [0.717, 1.165) is 13.1 Å². The summed E-state index contributed by atoms with van der Waals surface area (Å²) in [4.78, 5) is 42.6. The van der Waals surface area contributed by atoms with Crippen LogP contribution >= 0.6 is 0 Å². The van der Waals surface area contributed by atoms with Crippen molar-refractivity contribution in [2.24, 2.45) is 28.8 Å². The number of nitrogens with one attached hydrogen (secondary N) is 1. The second kappa shape index (κ2) is 18.0. The Morgan fingerprint density at radius 3 is 2.24 bits per heavy atom. The van der Waals surface area contributed by atoms with Crippen molar-refractivity contribution < 1.29 is 58.9 Å². The summed E-state index contributed by atoms with van der Waals surface area (Å²) >= 11 is 0. The minimum absolute atomic E-state index is 0.0559. The van der Waals surface area contributed by atoms with Gasteiger partial charge in [0.2, 0.25) is 0 Å². The molecular formula is C43H58N4O12. The molecule has 4 heterocycles. The molecule has 0 unspecified atom stereocenters. The van der Waals surface area contributed by atoms with E-state index in [-0.39, 0.29) is 44.5 Å². The molecule has 4 aliphatic heterocycles. The highest BCUT2D eigenvalue weighted by Gasteiger charge is 2.50. The molecule has 0 radical (unpaired) electrons. The fourth-order valence-corrected chi connectivity index (χ4v) is 7.92. The number of aromatic hydroxyl groups is 3. The molecule has 9 atom stereocenters. The number of phenolic OH excluding ortho intramolecular Hbond substituents is 3. The zero-order chi connectivity index (χ0) is 43.7. The predicted octanol–water partition coefficient (Wildman–Crippen LogP) is 4.34. The standard InChI is InChI=1S/C43H58N4O12/c1-21-12-11-13-22(2)42(55)45-33-28(20-44-47-17-15-46(9)16-18-47)37(52)30-31(38(33)53)36(51)26(6)40-32(30)41(54)43(8,59-40)57-19-14-29(56-10)23(3)39(58-27(7)48)25(5)35(50)24(4)34(21)49/h11-14,19-21,23-25,29,34-35,39,49-53H,15-18H2,1-10H3,(H,45,55)/b12-11-,19-14?,22-13-,44-20+/t21-,23+,24+,25+,29-,34-,35+,39+,43+/m1/s1. The van der Waals surface area contributed by atoms with Crippen molar-refractivity contribution in [1.82, 2.24) is 9.91 Å². The van der Waals surface area contributed by atoms with Crippen LogP contribution in [0.2, 0.25) is 0 Å². The van der Waals surface area contributed by atoms with Crippen LogP contribution < -0.4 is 10.1 Å². The number of fused-ring (bicyclic) bond motifs is 14. The minimum atomic E-state index is -2.04. The molecule has 59 heavy (non-hydrogen) atoms. The van der Waals surface area contributed by atoms with E-state index in [1.165, 1.54) is 59.4 Å². The van der Waals surface area contributed by atoms with Crippen LogP contribution in [0.15, 0.2) is 41.2 Å². The van der Waals surface area contributed by atoms with E-state index >= 15 is 0 Å². The molecule has 0 aliphatic carbocycles. The van der Waals surface area contributed by atoms with E-state index in [4.69, 9.17) is 18.9 Å². The van der Waals surface area contributed by atoms with Crippen LogP contribution in [0.3, 0.4) is 0 Å². The molecule has 322 valence electrons. The highest BCUT2D eigenvalue weighted by Crippen LogP contribution is 2.55. The maximum atomic E-state index is 14.4. The fourth-order valence-electron chi connectivity index (χ4n) is 7.92. The smallest absolute Gasteiger partial charge is 0.312 e. The Morgan fingerprint density at radius 1 is 0.949 bits per heavy atom. The van der Waals surface area contributed by atoms with Gasteiger partial charge in [-0.1, -0.05) is 45.9 Å². The van der Waals surface area contributed by atoms with E-state index in [9.17, 15) is 39.9 Å². The number of rotatable bonds is 4. The van der Waals surface area contributed by atoms with E-state index in [1.54, 1.807) is 44.9 Å². The molecular weight excluding hydrogens is 764 g/mol. The molecule has 0 spiro atoms. The summed E-state index contributed by atoms with van der Waals surface area (Å²) < 4.78 is 23.6. The van der Waals surface area contributed by atoms with Crippen molar-refractivity contribution >= 4 is 40.3 Å². The number of aliphatic hydroxyl groups excluding tert-OH is 2. The third kappa shape index (κ3) is 8.91. The molecule has 1 saturated heterocycles. The SMILES string of the molecule is CO[C@@H]1C=CO[C@@]2(C)Oc3c(C)c(O)c4c(O)c(c(/C=N/N5CCN(C)CC5)c(O)c4c3C2=O)NC(=O)/C(C)=C\C=C/[C@@H](C)[C@@H](O)[C@H](C)[C@H](O)[C@H](C)[C@@H](OC(C)=O)[C@H]1C. The van der Waals surface area contributed by atoms with Gasteiger partial charge in [-0.2, -0.15) is 5.10 Å². The van der Waals surface area contributed by atoms with Gasteiger partial charge in [0, 0.05) is 87.3 Å². The molecule has 0 saturated carbocycles. The number of nitrogens with zero attached hydrogens (tertiary/aromatic N) is 3. The van der Waals surface area contributed by atoms with Gasteiger partial charge in [-0.15, -0.1) is 0 Å². The number of aliphatic hydroxyl groups is 2. The first-order valence-electron chi connectivity index (χ1n) is 19.8. The number of ether oxygens (including phenoxy) is 4. The number of esters is 1. The summed E-state index contributed by atoms with van der Waals surface area (Å²) in [5.41, 5.74) is -0.350. The van der Waals surface area contributed by atoms with Crippen LogP contribution in [0.25, 0.3) is 10.8 Å². The number of likely N-dealkylation sites (N-methyl/N-ethyl adjacent to an activating group) is 1. The van der Waals surface area contributed by atoms with Crippen LogP contribution in [-0.4, -0.2) is 130 Å². The van der Waals surface area contributed by atoms with Gasteiger partial charge >= 0.3 is 11.8 Å². The second-order valence-corrected chi connectivity index (χ2v) is 16.1. The number of phenols is 3. The van der Waals surface area contributed by atoms with Gasteiger partial charge in [0.25, 0.3) is 11.7 Å². The van der Waals surface area contributed by atoms with Crippen LogP contribution in [-0.2, 0) is 23.8 Å². The number of methoxy groups -OCH3 is 1. The number of ketones is 1. The lowest BCUT2D eigenvalue weighted by atomic mass is 9.78. The summed E-state index contributed by atoms with van der Waals surface area (Å²) in [5, 5.41) is 66.8. The zero-order valence-corrected chi connectivity index (χ0v) is 35.3. The van der Waals surface area contributed by atoms with Gasteiger partial charge in [-0.25, -0.2) is 0 Å². The normalized spacial score (nSPS) is 31.5. The highest BCUT2D eigenvalue weighted by molar-refractivity contribution is 6.23. The topological polar surface area (TPSA) is 220 Å². The monoisotopic (exact) mass is 822 g/mol. The number of hydrazone groups is 1. The number of anilines is 1. The van der Waals surface area contributed by atoms with Crippen molar-refractivity contribution in [3.05, 3.63) is 52.8 Å². The Morgan fingerprint density at radius 2 is 1.61 bits per heavy atom. The average molecular weight is 823 g/mol. The maximum Gasteiger partial charge on any atom is 0.312 e. The number of Topliss-reactive ketones (excluding diaryl/α,β-unsaturated/α-hetero) is 1. The zero-order valence-electron chi connectivity index (χ0n) is 35.3. The van der Waals surface area contributed by atoms with E-state index < -0.39 is 88.8 Å². The van der Waals surface area contributed by atoms with Gasteiger partial charge in [-0.3, -0.25) is 19.4 Å². The number of piperazine rings is 1. The Balaban J connectivity index is 1.70. The number of benzene rings is 2.